The fourth-order valence-corrected chi connectivity index (χ4v) is 4.79. The normalized spacial score (nSPS) is 19.2. The molecule has 1 saturated heterocycles. The van der Waals surface area contributed by atoms with Crippen molar-refractivity contribution in [3.63, 3.8) is 0 Å². The van der Waals surface area contributed by atoms with E-state index in [1.807, 2.05) is 6.92 Å². The molecule has 0 amide bonds. The van der Waals surface area contributed by atoms with E-state index in [-0.39, 0.29) is 11.7 Å². The monoisotopic (exact) mass is 362 g/mol. The smallest absolute Gasteiger partial charge is 0.307 e. The molecule has 0 radical (unpaired) electrons. The lowest BCUT2D eigenvalue weighted by Crippen LogP contribution is -2.39. The van der Waals surface area contributed by atoms with Crippen molar-refractivity contribution in [2.75, 3.05) is 38.5 Å². The second-order valence-corrected chi connectivity index (χ2v) is 8.84. The van der Waals surface area contributed by atoms with E-state index in [9.17, 15) is 13.2 Å². The van der Waals surface area contributed by atoms with Crippen molar-refractivity contribution in [3.05, 3.63) is 0 Å². The summed E-state index contributed by atoms with van der Waals surface area (Å²) in [6.07, 6.45) is 6.58. The lowest BCUT2D eigenvalue weighted by molar-refractivity contribution is -0.141. The van der Waals surface area contributed by atoms with Crippen LogP contribution in [0.3, 0.4) is 0 Å². The first-order valence-electron chi connectivity index (χ1n) is 9.33. The zero-order chi connectivity index (χ0) is 18.0. The molecule has 6 nitrogen and oxygen atoms in total. The molecule has 0 bridgehead atoms. The number of carbonyl (C=O) groups is 1. The molecule has 0 spiro atoms. The van der Waals surface area contributed by atoms with Crippen LogP contribution in [0.25, 0.3) is 0 Å². The van der Waals surface area contributed by atoms with E-state index < -0.39 is 16.0 Å². The summed E-state index contributed by atoms with van der Waals surface area (Å²) >= 11 is 0. The molecule has 0 aromatic carbocycles. The summed E-state index contributed by atoms with van der Waals surface area (Å²) in [7, 11) is -3.20. The summed E-state index contributed by atoms with van der Waals surface area (Å²) in [6.45, 7) is 7.05. The number of likely N-dealkylation sites (tertiary alicyclic amines) is 1. The molecular formula is C17H34N2O4S. The van der Waals surface area contributed by atoms with Gasteiger partial charge in [-0.3, -0.25) is 4.79 Å². The third-order valence-corrected chi connectivity index (χ3v) is 6.62. The van der Waals surface area contributed by atoms with E-state index in [4.69, 9.17) is 5.11 Å². The second kappa shape index (κ2) is 11.1. The van der Waals surface area contributed by atoms with Gasteiger partial charge in [0.2, 0.25) is 10.0 Å². The maximum atomic E-state index is 12.5. The fourth-order valence-electron chi connectivity index (χ4n) is 3.15. The van der Waals surface area contributed by atoms with Crippen LogP contribution < -0.4 is 0 Å². The Bertz CT molecular complexity index is 467. The molecule has 24 heavy (non-hydrogen) atoms. The van der Waals surface area contributed by atoms with Crippen molar-refractivity contribution in [1.29, 1.82) is 0 Å². The number of rotatable bonds is 13. The lowest BCUT2D eigenvalue weighted by Gasteiger charge is -2.24. The molecular weight excluding hydrogens is 328 g/mol. The highest BCUT2D eigenvalue weighted by molar-refractivity contribution is 7.89. The van der Waals surface area contributed by atoms with Crippen LogP contribution in [-0.2, 0) is 14.8 Å². The molecule has 1 heterocycles. The van der Waals surface area contributed by atoms with Gasteiger partial charge in [0.1, 0.15) is 0 Å². The molecule has 7 heteroatoms. The van der Waals surface area contributed by atoms with Crippen LogP contribution in [0.2, 0.25) is 0 Å². The molecule has 1 rings (SSSR count). The van der Waals surface area contributed by atoms with Gasteiger partial charge in [-0.1, -0.05) is 39.5 Å². The predicted molar refractivity (Wildman–Crippen MR) is 96.6 cm³/mol. The van der Waals surface area contributed by atoms with Gasteiger partial charge in [-0.25, -0.2) is 12.7 Å². The third-order valence-electron chi connectivity index (χ3n) is 4.66. The highest BCUT2D eigenvalue weighted by Gasteiger charge is 2.29. The van der Waals surface area contributed by atoms with Gasteiger partial charge in [0.15, 0.2) is 0 Å². The maximum Gasteiger partial charge on any atom is 0.307 e. The quantitative estimate of drug-likeness (QED) is 0.509. The van der Waals surface area contributed by atoms with Crippen LogP contribution in [0.1, 0.15) is 58.8 Å². The molecule has 1 unspecified atom stereocenters. The van der Waals surface area contributed by atoms with Gasteiger partial charge in [0, 0.05) is 26.2 Å². The molecule has 1 fully saturated rings. The van der Waals surface area contributed by atoms with Crippen molar-refractivity contribution in [2.24, 2.45) is 5.92 Å². The molecule has 142 valence electrons. The number of hydrogen-bond donors (Lipinski definition) is 1. The number of carboxylic acid groups (broad SMARTS) is 1. The first kappa shape index (κ1) is 21.4. The van der Waals surface area contributed by atoms with Crippen LogP contribution >= 0.6 is 0 Å². The molecule has 0 aromatic rings. The van der Waals surface area contributed by atoms with Crippen LogP contribution in [0.15, 0.2) is 0 Å². The van der Waals surface area contributed by atoms with E-state index in [0.29, 0.717) is 32.6 Å². The third kappa shape index (κ3) is 7.49. The number of aliphatic carboxylic acids is 1. The SMILES string of the molecule is CCCCCCCS(=O)(=O)N(CCC)CCN1CCC(C(=O)O)C1. The summed E-state index contributed by atoms with van der Waals surface area (Å²) < 4.78 is 26.7. The van der Waals surface area contributed by atoms with Gasteiger partial charge in [0.05, 0.1) is 11.7 Å². The minimum absolute atomic E-state index is 0.231. The van der Waals surface area contributed by atoms with Gasteiger partial charge in [0.25, 0.3) is 0 Å². The van der Waals surface area contributed by atoms with Crippen molar-refractivity contribution in [3.8, 4) is 0 Å². The van der Waals surface area contributed by atoms with Crippen LogP contribution in [0.5, 0.6) is 0 Å². The van der Waals surface area contributed by atoms with E-state index in [1.165, 1.54) is 6.42 Å². The highest BCUT2D eigenvalue weighted by Crippen LogP contribution is 2.16. The average molecular weight is 363 g/mol. The first-order chi connectivity index (χ1) is 11.4. The number of sulfonamides is 1. The highest BCUT2D eigenvalue weighted by atomic mass is 32.2. The van der Waals surface area contributed by atoms with Crippen molar-refractivity contribution >= 4 is 16.0 Å². The molecule has 1 N–H and O–H groups in total. The van der Waals surface area contributed by atoms with Crippen LogP contribution in [-0.4, -0.2) is 67.2 Å². The molecule has 1 aliphatic heterocycles. The number of carboxylic acids is 1. The van der Waals surface area contributed by atoms with Crippen molar-refractivity contribution in [1.82, 2.24) is 9.21 Å². The van der Waals surface area contributed by atoms with E-state index >= 15 is 0 Å². The van der Waals surface area contributed by atoms with Gasteiger partial charge in [-0.15, -0.1) is 0 Å². The molecule has 0 aromatic heterocycles. The minimum Gasteiger partial charge on any atom is -0.481 e. The Labute approximate surface area is 147 Å². The summed E-state index contributed by atoms with van der Waals surface area (Å²) in [5.74, 6) is -0.823. The minimum atomic E-state index is -3.20. The Hall–Kier alpha value is -0.660. The fraction of sp³-hybridized carbons (Fsp3) is 0.941. The van der Waals surface area contributed by atoms with Gasteiger partial charge >= 0.3 is 5.97 Å². The summed E-state index contributed by atoms with van der Waals surface area (Å²) in [4.78, 5) is 13.1. The van der Waals surface area contributed by atoms with Crippen molar-refractivity contribution in [2.45, 2.75) is 58.8 Å². The topological polar surface area (TPSA) is 77.9 Å². The van der Waals surface area contributed by atoms with Gasteiger partial charge < -0.3 is 10.0 Å². The summed E-state index contributed by atoms with van der Waals surface area (Å²) in [6, 6.07) is 0. The Morgan fingerprint density at radius 2 is 1.83 bits per heavy atom. The van der Waals surface area contributed by atoms with Crippen molar-refractivity contribution < 1.29 is 18.3 Å². The Morgan fingerprint density at radius 1 is 1.12 bits per heavy atom. The average Bonchev–Trinajstić information content (AvgIpc) is 3.00. The van der Waals surface area contributed by atoms with Gasteiger partial charge in [-0.2, -0.15) is 0 Å². The summed E-state index contributed by atoms with van der Waals surface area (Å²) in [5, 5.41) is 9.05. The largest absolute Gasteiger partial charge is 0.481 e. The Morgan fingerprint density at radius 3 is 2.42 bits per heavy atom. The number of unbranched alkanes of at least 4 members (excludes halogenated alkanes) is 4. The zero-order valence-corrected chi connectivity index (χ0v) is 16.1. The van der Waals surface area contributed by atoms with Crippen LogP contribution in [0, 0.1) is 5.92 Å². The zero-order valence-electron chi connectivity index (χ0n) is 15.2. The first-order valence-corrected chi connectivity index (χ1v) is 10.9. The van der Waals surface area contributed by atoms with E-state index in [2.05, 4.69) is 11.8 Å². The number of hydrogen-bond acceptors (Lipinski definition) is 4. The van der Waals surface area contributed by atoms with E-state index in [0.717, 1.165) is 38.6 Å². The standard InChI is InChI=1S/C17H34N2O4S/c1-3-5-6-7-8-14-24(22,23)19(10-4-2)13-12-18-11-9-16(15-18)17(20)21/h16H,3-15H2,1-2H3,(H,20,21). The number of nitrogens with zero attached hydrogens (tertiary/aromatic N) is 2. The predicted octanol–water partition coefficient (Wildman–Crippen LogP) is 2.41. The summed E-state index contributed by atoms with van der Waals surface area (Å²) in [5.41, 5.74) is 0. The van der Waals surface area contributed by atoms with Crippen LogP contribution in [0.4, 0.5) is 0 Å². The second-order valence-electron chi connectivity index (χ2n) is 6.75. The maximum absolute atomic E-state index is 12.5. The molecule has 1 aliphatic rings. The molecule has 0 saturated carbocycles. The molecule has 0 aliphatic carbocycles. The van der Waals surface area contributed by atoms with Gasteiger partial charge in [-0.05, 0) is 25.8 Å². The van der Waals surface area contributed by atoms with E-state index in [1.54, 1.807) is 4.31 Å². The Balaban J connectivity index is 2.42. The lowest BCUT2D eigenvalue weighted by atomic mass is 10.1. The molecule has 1 atom stereocenters. The Kier molecular flexibility index (Phi) is 9.85.